The molecule has 0 atom stereocenters. The minimum absolute atomic E-state index is 0.127. The zero-order valence-electron chi connectivity index (χ0n) is 10.2. The summed E-state index contributed by atoms with van der Waals surface area (Å²) in [7, 11) is 0. The first-order valence-electron chi connectivity index (χ1n) is 5.30. The first-order chi connectivity index (χ1) is 7.40. The van der Waals surface area contributed by atoms with Crippen LogP contribution < -0.4 is 5.73 Å². The topological polar surface area (TPSA) is 65.2 Å². The first kappa shape index (κ1) is 12.6. The van der Waals surface area contributed by atoms with Crippen LogP contribution in [0.15, 0.2) is 12.3 Å². The summed E-state index contributed by atoms with van der Waals surface area (Å²) < 4.78 is 5.42. The second-order valence-corrected chi connectivity index (χ2v) is 4.16. The number of hydrogen-bond donors (Lipinski definition) is 1. The lowest BCUT2D eigenvalue weighted by Gasteiger charge is -2.24. The normalized spacial score (nSPS) is 11.5. The van der Waals surface area contributed by atoms with Crippen LogP contribution in [0.25, 0.3) is 0 Å². The molecule has 0 radical (unpaired) electrons. The predicted molar refractivity (Wildman–Crippen MR) is 63.4 cm³/mol. The molecule has 0 unspecified atom stereocenters. The van der Waals surface area contributed by atoms with Crippen molar-refractivity contribution in [2.75, 3.05) is 12.3 Å². The summed E-state index contributed by atoms with van der Waals surface area (Å²) in [5.41, 5.74) is 6.15. The zero-order valence-corrected chi connectivity index (χ0v) is 10.2. The highest BCUT2D eigenvalue weighted by Gasteiger charge is 2.31. The van der Waals surface area contributed by atoms with E-state index < -0.39 is 5.60 Å². The lowest BCUT2D eigenvalue weighted by molar-refractivity contribution is 0.00125. The maximum Gasteiger partial charge on any atom is 0.198 e. The number of ether oxygens (including phenoxy) is 1. The van der Waals surface area contributed by atoms with Gasteiger partial charge in [0.2, 0.25) is 0 Å². The van der Waals surface area contributed by atoms with Crippen molar-refractivity contribution >= 4 is 11.6 Å². The SMILES string of the molecule is CCOC(C)(C)C(=O)c1c(C)ccnc1N. The Morgan fingerprint density at radius 3 is 2.69 bits per heavy atom. The Labute approximate surface area is 95.8 Å². The van der Waals surface area contributed by atoms with Gasteiger partial charge in [-0.25, -0.2) is 4.98 Å². The monoisotopic (exact) mass is 222 g/mol. The maximum atomic E-state index is 12.3. The number of aromatic nitrogens is 1. The number of hydrogen-bond acceptors (Lipinski definition) is 4. The largest absolute Gasteiger partial charge is 0.383 e. The standard InChI is InChI=1S/C12H18N2O2/c1-5-16-12(3,4)10(15)9-8(2)6-7-14-11(9)13/h6-7H,5H2,1-4H3,(H2,13,14). The van der Waals surface area contributed by atoms with Crippen LogP contribution >= 0.6 is 0 Å². The minimum atomic E-state index is -0.864. The molecule has 0 bridgehead atoms. The van der Waals surface area contributed by atoms with Gasteiger partial charge in [-0.2, -0.15) is 0 Å². The molecule has 88 valence electrons. The fourth-order valence-corrected chi connectivity index (χ4v) is 1.60. The van der Waals surface area contributed by atoms with Crippen LogP contribution in [0, 0.1) is 6.92 Å². The van der Waals surface area contributed by atoms with E-state index >= 15 is 0 Å². The predicted octanol–water partition coefficient (Wildman–Crippen LogP) is 1.97. The molecule has 0 fully saturated rings. The van der Waals surface area contributed by atoms with E-state index in [4.69, 9.17) is 10.5 Å². The van der Waals surface area contributed by atoms with E-state index in [1.807, 2.05) is 13.8 Å². The van der Waals surface area contributed by atoms with E-state index in [9.17, 15) is 4.79 Å². The summed E-state index contributed by atoms with van der Waals surface area (Å²) in [4.78, 5) is 16.2. The third-order valence-corrected chi connectivity index (χ3v) is 2.47. The van der Waals surface area contributed by atoms with Crippen molar-refractivity contribution in [1.29, 1.82) is 0 Å². The van der Waals surface area contributed by atoms with Crippen molar-refractivity contribution < 1.29 is 9.53 Å². The minimum Gasteiger partial charge on any atom is -0.383 e. The summed E-state index contributed by atoms with van der Waals surface area (Å²) in [5.74, 6) is 0.134. The van der Waals surface area contributed by atoms with E-state index in [1.54, 1.807) is 26.1 Å². The van der Waals surface area contributed by atoms with Gasteiger partial charge < -0.3 is 10.5 Å². The first-order valence-corrected chi connectivity index (χ1v) is 5.30. The molecule has 0 aliphatic carbocycles. The molecule has 2 N–H and O–H groups in total. The van der Waals surface area contributed by atoms with Crippen molar-refractivity contribution in [3.05, 3.63) is 23.4 Å². The molecule has 16 heavy (non-hydrogen) atoms. The number of nitrogen functional groups attached to an aromatic ring is 1. The summed E-state index contributed by atoms with van der Waals surface area (Å²) in [6.07, 6.45) is 1.59. The van der Waals surface area contributed by atoms with Crippen LogP contribution in [0.5, 0.6) is 0 Å². The molecule has 1 aromatic rings. The average Bonchev–Trinajstić information content (AvgIpc) is 2.17. The fourth-order valence-electron chi connectivity index (χ4n) is 1.60. The van der Waals surface area contributed by atoms with Gasteiger partial charge in [-0.3, -0.25) is 4.79 Å². The van der Waals surface area contributed by atoms with E-state index in [0.29, 0.717) is 12.2 Å². The Kier molecular flexibility index (Phi) is 3.65. The van der Waals surface area contributed by atoms with Gasteiger partial charge in [-0.05, 0) is 39.3 Å². The van der Waals surface area contributed by atoms with Crippen molar-refractivity contribution in [1.82, 2.24) is 4.98 Å². The quantitative estimate of drug-likeness (QED) is 0.791. The molecule has 1 heterocycles. The highest BCUT2D eigenvalue weighted by Crippen LogP contribution is 2.22. The van der Waals surface area contributed by atoms with Gasteiger partial charge in [-0.1, -0.05) is 0 Å². The number of Topliss-reactive ketones (excluding diaryl/α,β-unsaturated/α-hetero) is 1. The maximum absolute atomic E-state index is 12.3. The van der Waals surface area contributed by atoms with Gasteiger partial charge in [0.1, 0.15) is 11.4 Å². The third kappa shape index (κ3) is 2.39. The van der Waals surface area contributed by atoms with E-state index in [0.717, 1.165) is 5.56 Å². The van der Waals surface area contributed by atoms with Gasteiger partial charge in [0.15, 0.2) is 5.78 Å². The van der Waals surface area contributed by atoms with Crippen LogP contribution in [0.4, 0.5) is 5.82 Å². The number of aryl methyl sites for hydroxylation is 1. The summed E-state index contributed by atoms with van der Waals surface area (Å²) >= 11 is 0. The van der Waals surface area contributed by atoms with Gasteiger partial charge in [0.25, 0.3) is 0 Å². The number of carbonyl (C=O) groups excluding carboxylic acids is 1. The molecule has 4 nitrogen and oxygen atoms in total. The lowest BCUT2D eigenvalue weighted by atomic mass is 9.94. The van der Waals surface area contributed by atoms with Crippen LogP contribution in [-0.4, -0.2) is 23.0 Å². The van der Waals surface area contributed by atoms with Crippen molar-refractivity contribution in [3.8, 4) is 0 Å². The van der Waals surface area contributed by atoms with Crippen molar-refractivity contribution in [3.63, 3.8) is 0 Å². The van der Waals surface area contributed by atoms with Crippen LogP contribution in [0.3, 0.4) is 0 Å². The number of nitrogens with zero attached hydrogens (tertiary/aromatic N) is 1. The van der Waals surface area contributed by atoms with E-state index in [1.165, 1.54) is 0 Å². The van der Waals surface area contributed by atoms with Crippen LogP contribution in [0.2, 0.25) is 0 Å². The smallest absolute Gasteiger partial charge is 0.198 e. The number of carbonyl (C=O) groups is 1. The lowest BCUT2D eigenvalue weighted by Crippen LogP contribution is -2.36. The van der Waals surface area contributed by atoms with Crippen LogP contribution in [-0.2, 0) is 4.74 Å². The average molecular weight is 222 g/mol. The third-order valence-electron chi connectivity index (χ3n) is 2.47. The van der Waals surface area contributed by atoms with Crippen LogP contribution in [0.1, 0.15) is 36.7 Å². The molecule has 0 aliphatic heterocycles. The van der Waals surface area contributed by atoms with E-state index in [2.05, 4.69) is 4.98 Å². The Bertz CT molecular complexity index is 380. The second kappa shape index (κ2) is 4.61. The molecular weight excluding hydrogens is 204 g/mol. The molecule has 0 amide bonds. The second-order valence-electron chi connectivity index (χ2n) is 4.16. The Morgan fingerprint density at radius 2 is 2.19 bits per heavy atom. The Hall–Kier alpha value is -1.42. The molecule has 0 spiro atoms. The van der Waals surface area contributed by atoms with Gasteiger partial charge in [0.05, 0.1) is 5.56 Å². The van der Waals surface area contributed by atoms with Crippen molar-refractivity contribution in [2.24, 2.45) is 0 Å². The molecule has 0 aliphatic rings. The molecule has 0 saturated heterocycles. The molecule has 4 heteroatoms. The number of anilines is 1. The fraction of sp³-hybridized carbons (Fsp3) is 0.500. The molecular formula is C12H18N2O2. The Balaban J connectivity index is 3.14. The summed E-state index contributed by atoms with van der Waals surface area (Å²) in [6, 6.07) is 1.77. The summed E-state index contributed by atoms with van der Waals surface area (Å²) in [5, 5.41) is 0. The highest BCUT2D eigenvalue weighted by molar-refractivity contribution is 6.06. The zero-order chi connectivity index (χ0) is 12.3. The number of nitrogens with two attached hydrogens (primary N) is 1. The van der Waals surface area contributed by atoms with Gasteiger partial charge >= 0.3 is 0 Å². The van der Waals surface area contributed by atoms with Gasteiger partial charge in [0, 0.05) is 12.8 Å². The number of pyridine rings is 1. The van der Waals surface area contributed by atoms with E-state index in [-0.39, 0.29) is 11.6 Å². The Morgan fingerprint density at radius 1 is 1.56 bits per heavy atom. The summed E-state index contributed by atoms with van der Waals surface area (Å²) in [6.45, 7) is 7.66. The van der Waals surface area contributed by atoms with Gasteiger partial charge in [-0.15, -0.1) is 0 Å². The molecule has 0 aromatic carbocycles. The van der Waals surface area contributed by atoms with Crippen molar-refractivity contribution in [2.45, 2.75) is 33.3 Å². The number of rotatable bonds is 4. The molecule has 0 saturated carbocycles. The number of ketones is 1. The highest BCUT2D eigenvalue weighted by atomic mass is 16.5. The molecule has 1 aromatic heterocycles. The molecule has 1 rings (SSSR count).